The maximum Gasteiger partial charge on any atom is 0.417 e. The summed E-state index contributed by atoms with van der Waals surface area (Å²) in [5.74, 6) is -1.64. The molecule has 0 radical (unpaired) electrons. The van der Waals surface area contributed by atoms with Gasteiger partial charge in [-0.05, 0) is 117 Å². The van der Waals surface area contributed by atoms with Gasteiger partial charge in [-0.15, -0.1) is 0 Å². The van der Waals surface area contributed by atoms with Crippen LogP contribution in [-0.4, -0.2) is 93.8 Å². The quantitative estimate of drug-likeness (QED) is 0.0457. The number of unbranched alkanes of at least 4 members (excludes halogenated alkanes) is 1. The second-order valence-electron chi connectivity index (χ2n) is 19.8. The lowest BCUT2D eigenvalue weighted by atomic mass is 9.85. The number of hydrogen-bond acceptors (Lipinski definition) is 11. The zero-order valence-corrected chi connectivity index (χ0v) is 42.7. The highest BCUT2D eigenvalue weighted by molar-refractivity contribution is 7.81. The molecule has 74 heavy (non-hydrogen) atoms. The van der Waals surface area contributed by atoms with E-state index in [-0.39, 0.29) is 42.7 Å². The van der Waals surface area contributed by atoms with E-state index in [0.29, 0.717) is 48.2 Å². The van der Waals surface area contributed by atoms with Crippen molar-refractivity contribution in [2.75, 3.05) is 36.2 Å². The average Bonchev–Trinajstić information content (AvgIpc) is 4.02. The fourth-order valence-electron chi connectivity index (χ4n) is 8.92. The lowest BCUT2D eigenvalue weighted by Gasteiger charge is -2.35. The van der Waals surface area contributed by atoms with Crippen LogP contribution in [0.4, 0.5) is 28.9 Å². The predicted octanol–water partition coefficient (Wildman–Crippen LogP) is 8.81. The van der Waals surface area contributed by atoms with E-state index < -0.39 is 81.9 Å². The van der Waals surface area contributed by atoms with Crippen LogP contribution < -0.4 is 25.2 Å². The third-order valence-electron chi connectivity index (χ3n) is 13.0. The van der Waals surface area contributed by atoms with Crippen molar-refractivity contribution in [2.24, 2.45) is 5.41 Å². The van der Waals surface area contributed by atoms with Crippen molar-refractivity contribution >= 4 is 52.3 Å². The Balaban J connectivity index is 0.859. The number of anilines is 2. The van der Waals surface area contributed by atoms with Gasteiger partial charge in [0.2, 0.25) is 17.7 Å². The number of halogens is 4. The minimum absolute atomic E-state index is 0.0449. The number of rotatable bonds is 17. The number of nitrogens with one attached hydrogen (secondary N) is 2. The first kappa shape index (κ1) is 54.6. The molecule has 7 rings (SSSR count). The first-order chi connectivity index (χ1) is 34.9. The molecule has 4 aromatic carbocycles. The Hall–Kier alpha value is -7.21. The number of aliphatic hydroxyl groups excluding tert-OH is 1. The number of hydrogen-bond donors (Lipinski definition) is 3. The summed E-state index contributed by atoms with van der Waals surface area (Å²) in [6.45, 7) is 12.2. The van der Waals surface area contributed by atoms with Gasteiger partial charge in [-0.1, -0.05) is 63.2 Å². The molecule has 0 spiro atoms. The standard InChI is InChI=1S/C54H57F4N7O8S/c1-31(33-10-12-35(13-11-33)46-32(2)60-30-73-46)61-48(68)44-26-39(66)28-63(44)49(69)47(52(3,4)5)62-45(67)29-71-22-8-9-23-72-40-19-15-34(16-20-40)36-17-21-43(42(55)24-36)65-51(74)64(50(70)53(65,6)7)38-18-14-37(27-59)41(25-38)54(56,57)58/h10-21,24-25,30-31,39,44,47,66H,8-9,22-23,26,28-29H2,1-7H3,(H,61,68)(H,62,67)/t31-,39+,44-,47+/m0/s1. The lowest BCUT2D eigenvalue weighted by Crippen LogP contribution is -2.58. The number of carbonyl (C=O) groups excluding carboxylic acids is 4. The van der Waals surface area contributed by atoms with E-state index >= 15 is 4.39 Å². The normalized spacial score (nSPS) is 17.5. The highest BCUT2D eigenvalue weighted by atomic mass is 32.1. The van der Waals surface area contributed by atoms with Gasteiger partial charge < -0.3 is 39.4 Å². The van der Waals surface area contributed by atoms with Crippen LogP contribution in [0.5, 0.6) is 5.75 Å². The van der Waals surface area contributed by atoms with Crippen molar-refractivity contribution < 1.29 is 55.7 Å². The number of aliphatic hydroxyl groups is 1. The number of amides is 4. The molecule has 0 aliphatic carbocycles. The Bertz CT molecular complexity index is 2950. The number of carbonyl (C=O) groups is 4. The fraction of sp³-hybridized carbons (Fsp3) is 0.389. The third-order valence-corrected chi connectivity index (χ3v) is 13.3. The summed E-state index contributed by atoms with van der Waals surface area (Å²) in [4.78, 5) is 62.1. The second-order valence-corrected chi connectivity index (χ2v) is 20.2. The highest BCUT2D eigenvalue weighted by Crippen LogP contribution is 2.41. The predicted molar refractivity (Wildman–Crippen MR) is 271 cm³/mol. The van der Waals surface area contributed by atoms with E-state index in [2.05, 4.69) is 15.6 Å². The number of thiocarbonyl (C=S) groups is 1. The van der Waals surface area contributed by atoms with E-state index in [9.17, 15) is 42.7 Å². The summed E-state index contributed by atoms with van der Waals surface area (Å²) in [7, 11) is 0. The zero-order chi connectivity index (χ0) is 53.9. The van der Waals surface area contributed by atoms with Crippen LogP contribution in [0.3, 0.4) is 0 Å². The summed E-state index contributed by atoms with van der Waals surface area (Å²) in [5, 5.41) is 25.4. The molecule has 15 nitrogen and oxygen atoms in total. The van der Waals surface area contributed by atoms with Gasteiger partial charge in [0.25, 0.3) is 5.91 Å². The molecule has 3 N–H and O–H groups in total. The highest BCUT2D eigenvalue weighted by Gasteiger charge is 2.52. The molecule has 1 aromatic heterocycles. The molecule has 20 heteroatoms. The van der Waals surface area contributed by atoms with Crippen LogP contribution in [0, 0.1) is 29.5 Å². The van der Waals surface area contributed by atoms with Crippen LogP contribution in [0.15, 0.2) is 95.7 Å². The van der Waals surface area contributed by atoms with Crippen LogP contribution in [0.25, 0.3) is 22.5 Å². The summed E-state index contributed by atoms with van der Waals surface area (Å²) in [6, 6.07) is 20.7. The Morgan fingerprint density at radius 2 is 1.62 bits per heavy atom. The SMILES string of the molecule is Cc1ncoc1-c1ccc([C@H](C)NC(=O)[C@@H]2C[C@@H](O)CN2C(=O)[C@@H](NC(=O)COCCCCOc2ccc(-c3ccc(N4C(=S)N(c5ccc(C#N)c(C(F)(F)F)c5)C(=O)C4(C)C)c(F)c3)cc2)C(C)(C)C)cc1. The van der Waals surface area contributed by atoms with Crippen LogP contribution in [-0.2, 0) is 30.1 Å². The summed E-state index contributed by atoms with van der Waals surface area (Å²) in [5.41, 5.74) is -0.774. The molecule has 4 amide bonds. The fourth-order valence-corrected chi connectivity index (χ4v) is 9.44. The molecule has 0 saturated carbocycles. The molecular weight excluding hydrogens is 983 g/mol. The molecule has 4 atom stereocenters. The first-order valence-electron chi connectivity index (χ1n) is 23.9. The van der Waals surface area contributed by atoms with E-state index in [1.165, 1.54) is 54.3 Å². The molecule has 390 valence electrons. The second kappa shape index (κ2) is 22.1. The first-order valence-corrected chi connectivity index (χ1v) is 24.3. The van der Waals surface area contributed by atoms with E-state index in [0.717, 1.165) is 27.8 Å². The number of alkyl halides is 3. The van der Waals surface area contributed by atoms with Crippen LogP contribution >= 0.6 is 12.2 Å². The Morgan fingerprint density at radius 1 is 0.959 bits per heavy atom. The Kier molecular flexibility index (Phi) is 16.3. The molecule has 2 saturated heterocycles. The largest absolute Gasteiger partial charge is 0.494 e. The van der Waals surface area contributed by atoms with Crippen molar-refractivity contribution in [2.45, 2.75) is 104 Å². The van der Waals surface area contributed by atoms with Crippen molar-refractivity contribution in [3.05, 3.63) is 120 Å². The molecule has 3 heterocycles. The maximum atomic E-state index is 15.9. The van der Waals surface area contributed by atoms with Gasteiger partial charge >= 0.3 is 6.18 Å². The minimum atomic E-state index is -4.87. The van der Waals surface area contributed by atoms with Gasteiger partial charge in [0.05, 0.1) is 53.0 Å². The van der Waals surface area contributed by atoms with Gasteiger partial charge in [-0.3, -0.25) is 24.1 Å². The number of aromatic nitrogens is 1. The number of nitrogens with zero attached hydrogens (tertiary/aromatic N) is 5. The number of aryl methyl sites for hydroxylation is 1. The van der Waals surface area contributed by atoms with Crippen LogP contribution in [0.2, 0.25) is 0 Å². The molecule has 2 aliphatic heterocycles. The third kappa shape index (κ3) is 11.9. The van der Waals surface area contributed by atoms with E-state index in [4.69, 9.17) is 26.1 Å². The number of nitriles is 1. The van der Waals surface area contributed by atoms with Crippen molar-refractivity contribution in [1.29, 1.82) is 5.26 Å². The van der Waals surface area contributed by atoms with Gasteiger partial charge in [-0.25, -0.2) is 9.37 Å². The molecule has 0 unspecified atom stereocenters. The van der Waals surface area contributed by atoms with Crippen molar-refractivity contribution in [3.63, 3.8) is 0 Å². The Labute approximate surface area is 431 Å². The summed E-state index contributed by atoms with van der Waals surface area (Å²) >= 11 is 5.56. The van der Waals surface area contributed by atoms with Gasteiger partial charge in [0.15, 0.2) is 17.3 Å². The van der Waals surface area contributed by atoms with E-state index in [1.54, 1.807) is 51.1 Å². The topological polar surface area (TPSA) is 191 Å². The monoisotopic (exact) mass is 1040 g/mol. The number of β-amino-alcohol motifs (C(OH)–C–C–N with tert-alkyl or cyclic N) is 1. The van der Waals surface area contributed by atoms with Crippen molar-refractivity contribution in [1.82, 2.24) is 20.5 Å². The van der Waals surface area contributed by atoms with Gasteiger partial charge in [0, 0.05) is 25.1 Å². The molecule has 0 bridgehead atoms. The zero-order valence-electron chi connectivity index (χ0n) is 41.9. The van der Waals surface area contributed by atoms with Gasteiger partial charge in [0.1, 0.15) is 35.8 Å². The lowest BCUT2D eigenvalue weighted by molar-refractivity contribution is -0.144. The number of oxazole rings is 1. The average molecular weight is 1040 g/mol. The maximum absolute atomic E-state index is 15.9. The molecule has 2 aliphatic rings. The number of likely N-dealkylation sites (tertiary alicyclic amines) is 1. The van der Waals surface area contributed by atoms with Crippen molar-refractivity contribution in [3.8, 4) is 34.3 Å². The molecular formula is C54H57F4N7O8S. The smallest absolute Gasteiger partial charge is 0.417 e. The summed E-state index contributed by atoms with van der Waals surface area (Å²) in [6.07, 6.45) is -3.24. The molecule has 5 aromatic rings. The Morgan fingerprint density at radius 3 is 2.24 bits per heavy atom. The van der Waals surface area contributed by atoms with E-state index in [1.807, 2.05) is 38.1 Å². The number of ether oxygens (including phenoxy) is 2. The number of benzene rings is 4. The van der Waals surface area contributed by atoms with Gasteiger partial charge in [-0.2, -0.15) is 18.4 Å². The van der Waals surface area contributed by atoms with Crippen LogP contribution in [0.1, 0.15) is 89.2 Å². The molecule has 2 fully saturated rings. The summed E-state index contributed by atoms with van der Waals surface area (Å²) < 4.78 is 74.3. The minimum Gasteiger partial charge on any atom is -0.494 e.